The first kappa shape index (κ1) is 11.6. The van der Waals surface area contributed by atoms with Crippen molar-refractivity contribution in [2.45, 2.75) is 37.8 Å². The number of aromatic nitrogens is 2. The van der Waals surface area contributed by atoms with E-state index < -0.39 is 0 Å². The second kappa shape index (κ2) is 4.84. The third kappa shape index (κ3) is 2.30. The zero-order valence-electron chi connectivity index (χ0n) is 9.37. The van der Waals surface area contributed by atoms with Gasteiger partial charge < -0.3 is 5.73 Å². The molecule has 0 aliphatic rings. The van der Waals surface area contributed by atoms with E-state index >= 15 is 0 Å². The van der Waals surface area contributed by atoms with Gasteiger partial charge in [-0.15, -0.1) is 11.8 Å². The summed E-state index contributed by atoms with van der Waals surface area (Å²) in [5.74, 6) is 0. The van der Waals surface area contributed by atoms with Gasteiger partial charge in [0.25, 0.3) is 0 Å². The van der Waals surface area contributed by atoms with Crippen LogP contribution in [0.1, 0.15) is 24.6 Å². The van der Waals surface area contributed by atoms with E-state index in [1.54, 1.807) is 11.8 Å². The van der Waals surface area contributed by atoms with Gasteiger partial charge in [0.2, 0.25) is 0 Å². The van der Waals surface area contributed by atoms with Gasteiger partial charge >= 0.3 is 0 Å². The van der Waals surface area contributed by atoms with Crippen molar-refractivity contribution < 1.29 is 0 Å². The summed E-state index contributed by atoms with van der Waals surface area (Å²) < 4.78 is 1.94. The van der Waals surface area contributed by atoms with Crippen molar-refractivity contribution in [3.63, 3.8) is 0 Å². The number of nitrogens with zero attached hydrogens (tertiary/aromatic N) is 2. The fourth-order valence-electron chi connectivity index (χ4n) is 1.58. The van der Waals surface area contributed by atoms with Crippen LogP contribution >= 0.6 is 11.8 Å². The molecule has 0 aromatic carbocycles. The molecule has 1 aromatic heterocycles. The minimum Gasteiger partial charge on any atom is -0.327 e. The van der Waals surface area contributed by atoms with Crippen LogP contribution in [0.15, 0.2) is 5.03 Å². The average Bonchev–Trinajstić information content (AvgIpc) is 2.41. The van der Waals surface area contributed by atoms with E-state index in [1.807, 2.05) is 11.7 Å². The maximum atomic E-state index is 5.96. The summed E-state index contributed by atoms with van der Waals surface area (Å²) in [6.07, 6.45) is 4.03. The maximum absolute atomic E-state index is 5.96. The first-order chi connectivity index (χ1) is 6.60. The molecule has 1 aromatic rings. The molecule has 2 N–H and O–H groups in total. The molecule has 0 saturated heterocycles. The topological polar surface area (TPSA) is 43.8 Å². The summed E-state index contributed by atoms with van der Waals surface area (Å²) in [7, 11) is 1.99. The lowest BCUT2D eigenvalue weighted by atomic mass is 10.1. The van der Waals surface area contributed by atoms with Crippen molar-refractivity contribution in [2.24, 2.45) is 12.8 Å². The van der Waals surface area contributed by atoms with Crippen LogP contribution in [0.4, 0.5) is 0 Å². The third-order valence-corrected chi connectivity index (χ3v) is 3.37. The molecule has 1 unspecified atom stereocenters. The molecule has 1 rings (SSSR count). The van der Waals surface area contributed by atoms with Crippen molar-refractivity contribution in [2.75, 3.05) is 6.26 Å². The molecule has 80 valence electrons. The third-order valence-electron chi connectivity index (χ3n) is 2.47. The Bertz CT molecular complexity index is 307. The van der Waals surface area contributed by atoms with Crippen molar-refractivity contribution in [1.29, 1.82) is 0 Å². The number of rotatable bonds is 4. The van der Waals surface area contributed by atoms with E-state index in [0.717, 1.165) is 18.5 Å². The Morgan fingerprint density at radius 2 is 2.21 bits per heavy atom. The highest BCUT2D eigenvalue weighted by molar-refractivity contribution is 7.98. The lowest BCUT2D eigenvalue weighted by Gasteiger charge is -2.09. The van der Waals surface area contributed by atoms with Crippen LogP contribution in [0.25, 0.3) is 0 Å². The first-order valence-corrected chi connectivity index (χ1v) is 6.14. The van der Waals surface area contributed by atoms with Crippen LogP contribution < -0.4 is 5.73 Å². The van der Waals surface area contributed by atoms with Gasteiger partial charge in [-0.05, 0) is 26.0 Å². The fraction of sp³-hybridized carbons (Fsp3) is 0.700. The SMILES string of the molecule is CCC(N)Cc1c(C)nn(C)c1SC. The molecule has 0 radical (unpaired) electrons. The van der Waals surface area contributed by atoms with E-state index in [4.69, 9.17) is 5.73 Å². The molecule has 0 spiro atoms. The van der Waals surface area contributed by atoms with E-state index in [9.17, 15) is 0 Å². The zero-order chi connectivity index (χ0) is 10.7. The average molecular weight is 213 g/mol. The standard InChI is InChI=1S/C10H19N3S/c1-5-8(11)6-9-7(2)12-13(3)10(9)14-4/h8H,5-6,11H2,1-4H3. The van der Waals surface area contributed by atoms with E-state index in [2.05, 4.69) is 25.2 Å². The largest absolute Gasteiger partial charge is 0.327 e. The molecular weight excluding hydrogens is 194 g/mol. The Hall–Kier alpha value is -0.480. The predicted molar refractivity (Wildman–Crippen MR) is 61.7 cm³/mol. The molecule has 0 saturated carbocycles. The Labute approximate surface area is 90.1 Å². The van der Waals surface area contributed by atoms with E-state index in [1.165, 1.54) is 10.6 Å². The van der Waals surface area contributed by atoms with Gasteiger partial charge in [0, 0.05) is 18.7 Å². The van der Waals surface area contributed by atoms with Gasteiger partial charge in [0.05, 0.1) is 10.7 Å². The summed E-state index contributed by atoms with van der Waals surface area (Å²) in [6.45, 7) is 4.17. The lowest BCUT2D eigenvalue weighted by molar-refractivity contribution is 0.631. The number of thioether (sulfide) groups is 1. The van der Waals surface area contributed by atoms with Gasteiger partial charge in [-0.3, -0.25) is 4.68 Å². The molecule has 1 atom stereocenters. The highest BCUT2D eigenvalue weighted by Gasteiger charge is 2.14. The number of aryl methyl sites for hydroxylation is 2. The fourth-order valence-corrected chi connectivity index (χ4v) is 2.36. The summed E-state index contributed by atoms with van der Waals surface area (Å²) in [5, 5.41) is 5.65. The smallest absolute Gasteiger partial charge is 0.0969 e. The molecule has 14 heavy (non-hydrogen) atoms. The molecular formula is C10H19N3S. The van der Waals surface area contributed by atoms with Gasteiger partial charge in [0.15, 0.2) is 0 Å². The molecule has 4 heteroatoms. The monoisotopic (exact) mass is 213 g/mol. The van der Waals surface area contributed by atoms with Gasteiger partial charge in [-0.2, -0.15) is 5.10 Å². The van der Waals surface area contributed by atoms with Crippen molar-refractivity contribution >= 4 is 11.8 Å². The quantitative estimate of drug-likeness (QED) is 0.775. The maximum Gasteiger partial charge on any atom is 0.0969 e. The molecule has 0 amide bonds. The number of hydrogen-bond acceptors (Lipinski definition) is 3. The molecule has 0 fully saturated rings. The molecule has 3 nitrogen and oxygen atoms in total. The van der Waals surface area contributed by atoms with E-state index in [-0.39, 0.29) is 6.04 Å². The van der Waals surface area contributed by atoms with E-state index in [0.29, 0.717) is 0 Å². The lowest BCUT2D eigenvalue weighted by Crippen LogP contribution is -2.21. The highest BCUT2D eigenvalue weighted by atomic mass is 32.2. The Morgan fingerprint density at radius 3 is 2.71 bits per heavy atom. The van der Waals surface area contributed by atoms with Crippen molar-refractivity contribution in [3.8, 4) is 0 Å². The normalized spacial score (nSPS) is 13.2. The minimum absolute atomic E-state index is 0.254. The first-order valence-electron chi connectivity index (χ1n) is 4.92. The highest BCUT2D eigenvalue weighted by Crippen LogP contribution is 2.23. The molecule has 0 aliphatic carbocycles. The van der Waals surface area contributed by atoms with Crippen LogP contribution in [-0.2, 0) is 13.5 Å². The number of hydrogen-bond donors (Lipinski definition) is 1. The molecule has 0 aliphatic heterocycles. The predicted octanol–water partition coefficient (Wildman–Crippen LogP) is 1.73. The summed E-state index contributed by atoms with van der Waals surface area (Å²) in [6, 6.07) is 0.254. The Balaban J connectivity index is 2.94. The Kier molecular flexibility index (Phi) is 4.01. The second-order valence-corrected chi connectivity index (χ2v) is 4.36. The van der Waals surface area contributed by atoms with Crippen LogP contribution in [0.2, 0.25) is 0 Å². The Morgan fingerprint density at radius 1 is 1.57 bits per heavy atom. The van der Waals surface area contributed by atoms with Crippen LogP contribution in [0, 0.1) is 6.92 Å². The zero-order valence-corrected chi connectivity index (χ0v) is 10.2. The van der Waals surface area contributed by atoms with Gasteiger partial charge in [-0.25, -0.2) is 0 Å². The van der Waals surface area contributed by atoms with Crippen molar-refractivity contribution in [3.05, 3.63) is 11.3 Å². The minimum atomic E-state index is 0.254. The van der Waals surface area contributed by atoms with Crippen molar-refractivity contribution in [1.82, 2.24) is 9.78 Å². The summed E-state index contributed by atoms with van der Waals surface area (Å²) in [4.78, 5) is 0. The molecule has 0 bridgehead atoms. The van der Waals surface area contributed by atoms with Gasteiger partial charge in [-0.1, -0.05) is 6.92 Å². The van der Waals surface area contributed by atoms with Crippen LogP contribution in [-0.4, -0.2) is 22.1 Å². The summed E-state index contributed by atoms with van der Waals surface area (Å²) >= 11 is 1.74. The second-order valence-electron chi connectivity index (χ2n) is 3.57. The van der Waals surface area contributed by atoms with Crippen LogP contribution in [0.3, 0.4) is 0 Å². The molecule has 1 heterocycles. The summed E-state index contributed by atoms with van der Waals surface area (Å²) in [5.41, 5.74) is 8.39. The van der Waals surface area contributed by atoms with Gasteiger partial charge in [0.1, 0.15) is 0 Å². The number of nitrogens with two attached hydrogens (primary N) is 1. The van der Waals surface area contributed by atoms with Crippen LogP contribution in [0.5, 0.6) is 0 Å².